The molecule has 0 aromatic carbocycles. The van der Waals surface area contributed by atoms with Crippen LogP contribution in [0.5, 0.6) is 0 Å². The summed E-state index contributed by atoms with van der Waals surface area (Å²) in [6.45, 7) is 4.95. The lowest BCUT2D eigenvalue weighted by atomic mass is 9.97. The first-order chi connectivity index (χ1) is 8.61. The molecule has 1 aromatic rings. The number of pyridine rings is 1. The topological polar surface area (TPSA) is 65.9 Å². The number of piperidine rings is 1. The van der Waals surface area contributed by atoms with Crippen LogP contribution in [0.4, 0.5) is 5.82 Å². The monoisotopic (exact) mass is 244 g/mol. The summed E-state index contributed by atoms with van der Waals surface area (Å²) in [5.74, 6) is 0.897. The van der Waals surface area contributed by atoms with Crippen molar-refractivity contribution in [1.29, 1.82) is 5.26 Å². The van der Waals surface area contributed by atoms with E-state index in [4.69, 9.17) is 11.0 Å². The molecule has 1 saturated heterocycles. The molecule has 2 heterocycles. The van der Waals surface area contributed by atoms with Crippen molar-refractivity contribution < 1.29 is 0 Å². The zero-order valence-electron chi connectivity index (χ0n) is 11.1. The van der Waals surface area contributed by atoms with Gasteiger partial charge in [-0.3, -0.25) is 0 Å². The lowest BCUT2D eigenvalue weighted by molar-refractivity contribution is 0.411. The van der Waals surface area contributed by atoms with Crippen molar-refractivity contribution in [2.45, 2.75) is 45.2 Å². The Morgan fingerprint density at radius 3 is 2.94 bits per heavy atom. The van der Waals surface area contributed by atoms with Gasteiger partial charge >= 0.3 is 0 Å². The molecule has 96 valence electrons. The Hall–Kier alpha value is -1.60. The smallest absolute Gasteiger partial charge is 0.130 e. The van der Waals surface area contributed by atoms with Crippen LogP contribution in [0.1, 0.15) is 37.4 Å². The summed E-state index contributed by atoms with van der Waals surface area (Å²) >= 11 is 0. The first-order valence-electron chi connectivity index (χ1n) is 6.53. The minimum absolute atomic E-state index is 0.123. The minimum Gasteiger partial charge on any atom is -0.352 e. The van der Waals surface area contributed by atoms with Crippen molar-refractivity contribution in [3.63, 3.8) is 0 Å². The Morgan fingerprint density at radius 2 is 2.28 bits per heavy atom. The molecule has 2 N–H and O–H groups in total. The molecule has 0 radical (unpaired) electrons. The lowest BCUT2D eigenvalue weighted by Crippen LogP contribution is -2.49. The van der Waals surface area contributed by atoms with Gasteiger partial charge in [0, 0.05) is 24.3 Å². The highest BCUT2D eigenvalue weighted by atomic mass is 15.2. The van der Waals surface area contributed by atoms with Gasteiger partial charge < -0.3 is 10.6 Å². The molecule has 2 rings (SSSR count). The number of nitrogens with zero attached hydrogens (tertiary/aromatic N) is 3. The highest BCUT2D eigenvalue weighted by molar-refractivity contribution is 5.48. The van der Waals surface area contributed by atoms with E-state index < -0.39 is 0 Å². The molecule has 0 bridgehead atoms. The van der Waals surface area contributed by atoms with Gasteiger partial charge in [0.2, 0.25) is 0 Å². The molecule has 0 saturated carbocycles. The van der Waals surface area contributed by atoms with Crippen molar-refractivity contribution >= 4 is 5.82 Å². The quantitative estimate of drug-likeness (QED) is 0.863. The third kappa shape index (κ3) is 2.62. The molecule has 0 spiro atoms. The number of hydrogen-bond donors (Lipinski definition) is 1. The molecule has 1 fully saturated rings. The normalized spacial score (nSPS) is 21.4. The molecule has 1 aliphatic heterocycles. The number of nitriles is 1. The fourth-order valence-corrected chi connectivity index (χ4v) is 2.65. The third-order valence-corrected chi connectivity index (χ3v) is 3.52. The van der Waals surface area contributed by atoms with Crippen LogP contribution < -0.4 is 10.6 Å². The summed E-state index contributed by atoms with van der Waals surface area (Å²) in [6, 6.07) is 6.33. The number of rotatable bonds is 2. The summed E-state index contributed by atoms with van der Waals surface area (Å²) in [7, 11) is 0. The van der Waals surface area contributed by atoms with Crippen molar-refractivity contribution in [2.75, 3.05) is 11.4 Å². The molecule has 2 unspecified atom stereocenters. The zero-order valence-corrected chi connectivity index (χ0v) is 11.1. The molecule has 0 aliphatic carbocycles. The fourth-order valence-electron chi connectivity index (χ4n) is 2.65. The second kappa shape index (κ2) is 5.36. The van der Waals surface area contributed by atoms with Crippen LogP contribution in [-0.2, 0) is 0 Å². The van der Waals surface area contributed by atoms with Crippen molar-refractivity contribution in [3.8, 4) is 6.07 Å². The number of anilines is 1. The van der Waals surface area contributed by atoms with Crippen LogP contribution in [0.25, 0.3) is 0 Å². The highest BCUT2D eigenvalue weighted by Gasteiger charge is 2.26. The first kappa shape index (κ1) is 12.8. The number of nitrogens with two attached hydrogens (primary N) is 1. The van der Waals surface area contributed by atoms with Gasteiger partial charge in [0.25, 0.3) is 0 Å². The molecule has 4 nitrogen and oxygen atoms in total. The van der Waals surface area contributed by atoms with E-state index in [9.17, 15) is 0 Å². The van der Waals surface area contributed by atoms with Crippen LogP contribution >= 0.6 is 0 Å². The van der Waals surface area contributed by atoms with Gasteiger partial charge in [-0.15, -0.1) is 0 Å². The van der Waals surface area contributed by atoms with Crippen LogP contribution in [0.2, 0.25) is 0 Å². The summed E-state index contributed by atoms with van der Waals surface area (Å²) in [5.41, 5.74) is 7.63. The van der Waals surface area contributed by atoms with Crippen molar-refractivity contribution in [2.24, 2.45) is 5.73 Å². The Kier molecular flexibility index (Phi) is 3.83. The second-order valence-electron chi connectivity index (χ2n) is 5.08. The minimum atomic E-state index is 0.123. The van der Waals surface area contributed by atoms with Crippen molar-refractivity contribution in [1.82, 2.24) is 4.98 Å². The largest absolute Gasteiger partial charge is 0.352 e. The average molecular weight is 244 g/mol. The summed E-state index contributed by atoms with van der Waals surface area (Å²) in [5, 5.41) is 9.04. The molecular weight excluding hydrogens is 224 g/mol. The summed E-state index contributed by atoms with van der Waals surface area (Å²) < 4.78 is 0. The van der Waals surface area contributed by atoms with Gasteiger partial charge in [-0.25, -0.2) is 4.98 Å². The molecule has 4 heteroatoms. The first-order valence-corrected chi connectivity index (χ1v) is 6.53. The molecule has 0 amide bonds. The third-order valence-electron chi connectivity index (χ3n) is 3.52. The van der Waals surface area contributed by atoms with E-state index in [0.717, 1.165) is 24.5 Å². The Labute approximate surface area is 108 Å². The van der Waals surface area contributed by atoms with Gasteiger partial charge in [-0.05, 0) is 45.2 Å². The van der Waals surface area contributed by atoms with E-state index in [0.29, 0.717) is 11.6 Å². The van der Waals surface area contributed by atoms with E-state index in [-0.39, 0.29) is 6.04 Å². The molecule has 18 heavy (non-hydrogen) atoms. The second-order valence-corrected chi connectivity index (χ2v) is 5.08. The van der Waals surface area contributed by atoms with E-state index in [1.165, 1.54) is 12.8 Å². The summed E-state index contributed by atoms with van der Waals surface area (Å²) in [4.78, 5) is 6.82. The number of hydrogen-bond acceptors (Lipinski definition) is 4. The molecule has 1 aliphatic rings. The average Bonchev–Trinajstić information content (AvgIpc) is 2.38. The fraction of sp³-hybridized carbons (Fsp3) is 0.571. The lowest BCUT2D eigenvalue weighted by Gasteiger charge is -2.39. The molecule has 2 atom stereocenters. The Balaban J connectivity index is 2.34. The number of aromatic nitrogens is 1. The maximum atomic E-state index is 9.04. The van der Waals surface area contributed by atoms with Crippen LogP contribution in [-0.4, -0.2) is 23.6 Å². The maximum Gasteiger partial charge on any atom is 0.130 e. The van der Waals surface area contributed by atoms with E-state index >= 15 is 0 Å². The van der Waals surface area contributed by atoms with Gasteiger partial charge in [-0.1, -0.05) is 0 Å². The maximum absolute atomic E-state index is 9.04. The van der Waals surface area contributed by atoms with Crippen LogP contribution in [0.3, 0.4) is 0 Å². The SMILES string of the molecule is Cc1cc(C#N)cc(N2CCCCC2C(C)N)n1. The van der Waals surface area contributed by atoms with Crippen molar-refractivity contribution in [3.05, 3.63) is 23.4 Å². The standard InChI is InChI=1S/C14H20N4/c1-10-7-12(9-15)8-14(17-10)18-6-4-3-5-13(18)11(2)16/h7-8,11,13H,3-6,16H2,1-2H3. The van der Waals surface area contributed by atoms with Crippen LogP contribution in [0.15, 0.2) is 12.1 Å². The van der Waals surface area contributed by atoms with E-state index in [1.54, 1.807) is 0 Å². The van der Waals surface area contributed by atoms with Gasteiger partial charge in [0.1, 0.15) is 5.82 Å². The van der Waals surface area contributed by atoms with Gasteiger partial charge in [0.05, 0.1) is 11.6 Å². The number of aryl methyl sites for hydroxylation is 1. The Bertz CT molecular complexity index is 461. The predicted molar refractivity (Wildman–Crippen MR) is 72.3 cm³/mol. The zero-order chi connectivity index (χ0) is 13.1. The van der Waals surface area contributed by atoms with Crippen LogP contribution in [0, 0.1) is 18.3 Å². The van der Waals surface area contributed by atoms with E-state index in [2.05, 4.69) is 16.0 Å². The predicted octanol–water partition coefficient (Wildman–Crippen LogP) is 1.97. The highest BCUT2D eigenvalue weighted by Crippen LogP contribution is 2.25. The molecular formula is C14H20N4. The van der Waals surface area contributed by atoms with Gasteiger partial charge in [-0.2, -0.15) is 5.26 Å². The Morgan fingerprint density at radius 1 is 1.50 bits per heavy atom. The van der Waals surface area contributed by atoms with Gasteiger partial charge in [0.15, 0.2) is 0 Å². The molecule has 1 aromatic heterocycles. The summed E-state index contributed by atoms with van der Waals surface area (Å²) in [6.07, 6.45) is 3.50. The van der Waals surface area contributed by atoms with E-state index in [1.807, 2.05) is 26.0 Å².